The van der Waals surface area contributed by atoms with Crippen LogP contribution in [0, 0.1) is 5.82 Å². The number of nitrogens with one attached hydrogen (secondary N) is 1. The molecule has 2 N–H and O–H groups in total. The van der Waals surface area contributed by atoms with Crippen molar-refractivity contribution in [2.24, 2.45) is 0 Å². The Bertz CT molecular complexity index is 921. The van der Waals surface area contributed by atoms with E-state index in [1.807, 2.05) is 0 Å². The van der Waals surface area contributed by atoms with Gasteiger partial charge in [-0.2, -0.15) is 0 Å². The molecule has 0 aliphatic carbocycles. The molecule has 0 bridgehead atoms. The topological polar surface area (TPSA) is 99.8 Å². The molecule has 25 heavy (non-hydrogen) atoms. The smallest absolute Gasteiger partial charge is 0.329 e. The molecule has 9 heteroatoms. The van der Waals surface area contributed by atoms with E-state index in [9.17, 15) is 18.8 Å². The number of carboxylic acids is 1. The standard InChI is InChI=1S/C16H10BrFN2O5/c17-8-1-3-10(11(18)5-8)13-4-2-9(25-13)6-12-15(23)20(7-14(21)22)16(24)19-12/h1-6H,7H2,(H,19,24)(H,21,22)/b12-6+. The zero-order valence-electron chi connectivity index (χ0n) is 12.5. The van der Waals surface area contributed by atoms with E-state index < -0.39 is 30.3 Å². The van der Waals surface area contributed by atoms with Crippen LogP contribution in [0.4, 0.5) is 9.18 Å². The molecular formula is C16H10BrFN2O5. The van der Waals surface area contributed by atoms with Gasteiger partial charge >= 0.3 is 12.0 Å². The van der Waals surface area contributed by atoms with Crippen molar-refractivity contribution in [1.29, 1.82) is 0 Å². The highest BCUT2D eigenvalue weighted by atomic mass is 79.9. The number of furan rings is 1. The first-order valence-electron chi connectivity index (χ1n) is 6.97. The summed E-state index contributed by atoms with van der Waals surface area (Å²) in [6, 6.07) is 6.68. The molecule has 7 nitrogen and oxygen atoms in total. The molecule has 0 radical (unpaired) electrons. The largest absolute Gasteiger partial charge is 0.480 e. The van der Waals surface area contributed by atoms with E-state index in [0.29, 0.717) is 9.37 Å². The minimum atomic E-state index is -1.31. The number of rotatable bonds is 4. The van der Waals surface area contributed by atoms with Crippen LogP contribution in [-0.2, 0) is 9.59 Å². The molecule has 1 aromatic heterocycles. The van der Waals surface area contributed by atoms with Gasteiger partial charge in [0, 0.05) is 10.5 Å². The van der Waals surface area contributed by atoms with Crippen molar-refractivity contribution in [3.63, 3.8) is 0 Å². The van der Waals surface area contributed by atoms with E-state index in [1.165, 1.54) is 30.3 Å². The summed E-state index contributed by atoms with van der Waals surface area (Å²) in [6.07, 6.45) is 1.25. The summed E-state index contributed by atoms with van der Waals surface area (Å²) in [5, 5.41) is 11.0. The van der Waals surface area contributed by atoms with Crippen LogP contribution in [0.15, 0.2) is 44.9 Å². The summed E-state index contributed by atoms with van der Waals surface area (Å²) in [5.41, 5.74) is 0.116. The second kappa shape index (κ2) is 6.52. The van der Waals surface area contributed by atoms with E-state index in [1.54, 1.807) is 6.07 Å². The number of carbonyl (C=O) groups excluding carboxylic acids is 2. The van der Waals surface area contributed by atoms with E-state index in [4.69, 9.17) is 9.52 Å². The zero-order valence-corrected chi connectivity index (χ0v) is 14.0. The van der Waals surface area contributed by atoms with Gasteiger partial charge in [0.25, 0.3) is 5.91 Å². The summed E-state index contributed by atoms with van der Waals surface area (Å²) >= 11 is 3.16. The van der Waals surface area contributed by atoms with Gasteiger partial charge in [-0.3, -0.25) is 9.59 Å². The lowest BCUT2D eigenvalue weighted by molar-refractivity contribution is -0.140. The Balaban J connectivity index is 1.86. The Labute approximate surface area is 148 Å². The first-order valence-corrected chi connectivity index (χ1v) is 7.76. The molecule has 1 fully saturated rings. The summed E-state index contributed by atoms with van der Waals surface area (Å²) in [6.45, 7) is -0.741. The number of hydrogen-bond donors (Lipinski definition) is 2. The monoisotopic (exact) mass is 408 g/mol. The number of nitrogens with zero attached hydrogens (tertiary/aromatic N) is 1. The third kappa shape index (κ3) is 3.45. The maximum atomic E-state index is 14.0. The number of carbonyl (C=O) groups is 3. The van der Waals surface area contributed by atoms with Crippen molar-refractivity contribution in [2.45, 2.75) is 0 Å². The number of hydrogen-bond acceptors (Lipinski definition) is 4. The van der Waals surface area contributed by atoms with Crippen LogP contribution in [0.1, 0.15) is 5.76 Å². The lowest BCUT2D eigenvalue weighted by Crippen LogP contribution is -2.35. The van der Waals surface area contributed by atoms with Crippen LogP contribution in [0.5, 0.6) is 0 Å². The molecule has 0 atom stereocenters. The lowest BCUT2D eigenvalue weighted by atomic mass is 10.1. The number of benzene rings is 1. The molecule has 0 unspecified atom stereocenters. The van der Waals surface area contributed by atoms with Crippen LogP contribution >= 0.6 is 15.9 Å². The van der Waals surface area contributed by atoms with Crippen LogP contribution in [0.25, 0.3) is 17.4 Å². The molecule has 3 rings (SSSR count). The first kappa shape index (κ1) is 16.9. The predicted octanol–water partition coefficient (Wildman–Crippen LogP) is 2.83. The Morgan fingerprint density at radius 1 is 1.32 bits per heavy atom. The third-order valence-corrected chi connectivity index (χ3v) is 3.86. The number of carboxylic acid groups (broad SMARTS) is 1. The molecule has 2 aromatic rings. The Morgan fingerprint density at radius 3 is 2.76 bits per heavy atom. The average Bonchev–Trinajstić information content (AvgIpc) is 3.08. The van der Waals surface area contributed by atoms with Crippen LogP contribution in [0.3, 0.4) is 0 Å². The van der Waals surface area contributed by atoms with Crippen molar-refractivity contribution in [3.8, 4) is 11.3 Å². The third-order valence-electron chi connectivity index (χ3n) is 3.37. The molecule has 1 aliphatic rings. The summed E-state index contributed by atoms with van der Waals surface area (Å²) < 4.78 is 20.0. The van der Waals surface area contributed by atoms with Gasteiger partial charge in [0.15, 0.2) is 0 Å². The highest BCUT2D eigenvalue weighted by Gasteiger charge is 2.35. The van der Waals surface area contributed by atoms with Gasteiger partial charge in [0.05, 0.1) is 5.56 Å². The molecular weight excluding hydrogens is 399 g/mol. The van der Waals surface area contributed by atoms with Crippen molar-refractivity contribution >= 4 is 39.9 Å². The summed E-state index contributed by atoms with van der Waals surface area (Å²) in [4.78, 5) is 34.9. The first-order chi connectivity index (χ1) is 11.8. The summed E-state index contributed by atoms with van der Waals surface area (Å²) in [7, 11) is 0. The van der Waals surface area contributed by atoms with Crippen LogP contribution < -0.4 is 5.32 Å². The molecule has 1 saturated heterocycles. The quantitative estimate of drug-likeness (QED) is 0.598. The molecule has 0 spiro atoms. The number of imide groups is 1. The second-order valence-electron chi connectivity index (χ2n) is 5.10. The minimum Gasteiger partial charge on any atom is -0.480 e. The molecule has 3 amide bonds. The molecule has 1 aromatic carbocycles. The normalized spacial score (nSPS) is 15.8. The van der Waals surface area contributed by atoms with Crippen molar-refractivity contribution in [2.75, 3.05) is 6.54 Å². The average molecular weight is 409 g/mol. The van der Waals surface area contributed by atoms with Crippen molar-refractivity contribution in [1.82, 2.24) is 10.2 Å². The maximum absolute atomic E-state index is 14.0. The fourth-order valence-electron chi connectivity index (χ4n) is 2.26. The van der Waals surface area contributed by atoms with Gasteiger partial charge in [0.1, 0.15) is 29.6 Å². The minimum absolute atomic E-state index is 0.122. The number of aliphatic carboxylic acids is 1. The van der Waals surface area contributed by atoms with Crippen molar-refractivity contribution < 1.29 is 28.3 Å². The lowest BCUT2D eigenvalue weighted by Gasteiger charge is -2.06. The van der Waals surface area contributed by atoms with Crippen LogP contribution in [0.2, 0.25) is 0 Å². The van der Waals surface area contributed by atoms with E-state index in [0.717, 1.165) is 0 Å². The maximum Gasteiger partial charge on any atom is 0.329 e. The number of urea groups is 1. The Hall–Kier alpha value is -2.94. The van der Waals surface area contributed by atoms with Gasteiger partial charge in [0.2, 0.25) is 0 Å². The van der Waals surface area contributed by atoms with Crippen LogP contribution in [-0.4, -0.2) is 34.5 Å². The van der Waals surface area contributed by atoms with Gasteiger partial charge in [-0.1, -0.05) is 15.9 Å². The highest BCUT2D eigenvalue weighted by Crippen LogP contribution is 2.28. The highest BCUT2D eigenvalue weighted by molar-refractivity contribution is 9.10. The Kier molecular flexibility index (Phi) is 4.41. The summed E-state index contributed by atoms with van der Waals surface area (Å²) in [5.74, 6) is -2.12. The van der Waals surface area contributed by atoms with Gasteiger partial charge in [-0.25, -0.2) is 14.1 Å². The van der Waals surface area contributed by atoms with Gasteiger partial charge in [-0.15, -0.1) is 0 Å². The Morgan fingerprint density at radius 2 is 2.08 bits per heavy atom. The van der Waals surface area contributed by atoms with E-state index in [2.05, 4.69) is 21.2 Å². The second-order valence-corrected chi connectivity index (χ2v) is 6.02. The van der Waals surface area contributed by atoms with Gasteiger partial charge in [-0.05, 0) is 30.3 Å². The molecule has 1 aliphatic heterocycles. The van der Waals surface area contributed by atoms with E-state index >= 15 is 0 Å². The van der Waals surface area contributed by atoms with Gasteiger partial charge < -0.3 is 14.8 Å². The molecule has 128 valence electrons. The molecule has 0 saturated carbocycles. The van der Waals surface area contributed by atoms with Crippen molar-refractivity contribution in [3.05, 3.63) is 52.1 Å². The number of amides is 3. The fraction of sp³-hybridized carbons (Fsp3) is 0.0625. The SMILES string of the molecule is O=C(O)CN1C(=O)N/C(=C/c2ccc(-c3ccc(Br)cc3F)o2)C1=O. The van der Waals surface area contributed by atoms with E-state index in [-0.39, 0.29) is 22.8 Å². The number of halogens is 2. The zero-order chi connectivity index (χ0) is 18.1. The predicted molar refractivity (Wildman–Crippen MR) is 87.7 cm³/mol. The molecule has 2 heterocycles. The fourth-order valence-corrected chi connectivity index (χ4v) is 2.59.